The monoisotopic (exact) mass is 284 g/mol. The first-order valence-electron chi connectivity index (χ1n) is 5.25. The Morgan fingerprint density at radius 3 is 2.75 bits per heavy atom. The second-order valence-corrected chi connectivity index (χ2v) is 5.01. The van der Waals surface area contributed by atoms with Gasteiger partial charge in [-0.15, -0.1) is 0 Å². The van der Waals surface area contributed by atoms with Gasteiger partial charge in [0, 0.05) is 24.1 Å². The van der Waals surface area contributed by atoms with Gasteiger partial charge >= 0.3 is 6.03 Å². The van der Waals surface area contributed by atoms with Crippen molar-refractivity contribution in [3.05, 3.63) is 34.3 Å². The van der Waals surface area contributed by atoms with E-state index in [1.54, 1.807) is 11.9 Å². The molecule has 0 radical (unpaired) electrons. The highest BCUT2D eigenvalue weighted by atomic mass is 79.9. The molecule has 0 unspecified atom stereocenters. The van der Waals surface area contributed by atoms with Crippen LogP contribution in [0.3, 0.4) is 0 Å². The topological polar surface area (TPSA) is 32.3 Å². The molecule has 0 bridgehead atoms. The molecule has 3 nitrogen and oxygen atoms in total. The first-order chi connectivity index (χ1) is 7.49. The minimum Gasteiger partial charge on any atom is -0.336 e. The van der Waals surface area contributed by atoms with E-state index in [2.05, 4.69) is 21.2 Å². The number of amides is 2. The fourth-order valence-corrected chi connectivity index (χ4v) is 1.78. The summed E-state index contributed by atoms with van der Waals surface area (Å²) in [5.74, 6) is 0. The van der Waals surface area contributed by atoms with E-state index >= 15 is 0 Å². The lowest BCUT2D eigenvalue weighted by atomic mass is 10.2. The van der Waals surface area contributed by atoms with Gasteiger partial charge in [-0.2, -0.15) is 0 Å². The van der Waals surface area contributed by atoms with Crippen molar-refractivity contribution >= 4 is 22.0 Å². The zero-order valence-corrected chi connectivity index (χ0v) is 11.4. The third kappa shape index (κ3) is 4.23. The average molecular weight is 285 g/mol. The van der Waals surface area contributed by atoms with Crippen LogP contribution in [-0.2, 0) is 6.54 Å². The molecule has 0 aliphatic heterocycles. The van der Waals surface area contributed by atoms with Crippen LogP contribution >= 0.6 is 15.9 Å². The maximum absolute atomic E-state index is 11.6. The number of urea groups is 1. The molecule has 1 aromatic rings. The van der Waals surface area contributed by atoms with Crippen LogP contribution in [0, 0.1) is 0 Å². The predicted molar refractivity (Wildman–Crippen MR) is 69.3 cm³/mol. The Hall–Kier alpha value is -1.03. The van der Waals surface area contributed by atoms with Crippen LogP contribution < -0.4 is 5.32 Å². The van der Waals surface area contributed by atoms with Crippen molar-refractivity contribution in [3.8, 4) is 0 Å². The van der Waals surface area contributed by atoms with Gasteiger partial charge < -0.3 is 10.2 Å². The Bertz CT molecular complexity index is 366. The van der Waals surface area contributed by atoms with Crippen LogP contribution in [0.1, 0.15) is 19.4 Å². The van der Waals surface area contributed by atoms with Crippen molar-refractivity contribution in [2.24, 2.45) is 0 Å². The Kier molecular flexibility index (Phi) is 4.80. The molecule has 1 N–H and O–H groups in total. The molecule has 0 aliphatic rings. The summed E-state index contributed by atoms with van der Waals surface area (Å²) in [6.07, 6.45) is 0. The highest BCUT2D eigenvalue weighted by Gasteiger charge is 2.09. The molecule has 0 heterocycles. The molecule has 0 fully saturated rings. The summed E-state index contributed by atoms with van der Waals surface area (Å²) in [5.41, 5.74) is 1.11. The van der Waals surface area contributed by atoms with Crippen LogP contribution in [0.15, 0.2) is 28.7 Å². The number of hydrogen-bond donors (Lipinski definition) is 1. The molecule has 1 aromatic carbocycles. The Morgan fingerprint density at radius 1 is 1.50 bits per heavy atom. The van der Waals surface area contributed by atoms with Crippen LogP contribution in [0.2, 0.25) is 0 Å². The smallest absolute Gasteiger partial charge is 0.317 e. The lowest BCUT2D eigenvalue weighted by Crippen LogP contribution is -2.40. The number of halogens is 1. The zero-order valence-electron chi connectivity index (χ0n) is 9.83. The number of nitrogens with zero attached hydrogens (tertiary/aromatic N) is 1. The number of benzene rings is 1. The number of hydrogen-bond acceptors (Lipinski definition) is 1. The highest BCUT2D eigenvalue weighted by molar-refractivity contribution is 9.10. The van der Waals surface area contributed by atoms with E-state index in [1.807, 2.05) is 38.1 Å². The molecule has 0 saturated heterocycles. The summed E-state index contributed by atoms with van der Waals surface area (Å²) in [6.45, 7) is 4.51. The van der Waals surface area contributed by atoms with E-state index in [9.17, 15) is 4.79 Å². The first kappa shape index (κ1) is 13.0. The van der Waals surface area contributed by atoms with Crippen molar-refractivity contribution in [2.75, 3.05) is 7.05 Å². The number of nitrogens with one attached hydrogen (secondary N) is 1. The molecule has 2 amide bonds. The summed E-state index contributed by atoms with van der Waals surface area (Å²) in [7, 11) is 1.79. The molecule has 4 heteroatoms. The van der Waals surface area contributed by atoms with Crippen LogP contribution in [-0.4, -0.2) is 24.0 Å². The van der Waals surface area contributed by atoms with Gasteiger partial charge in [-0.1, -0.05) is 28.1 Å². The first-order valence-corrected chi connectivity index (χ1v) is 6.04. The lowest BCUT2D eigenvalue weighted by molar-refractivity contribution is 0.204. The van der Waals surface area contributed by atoms with E-state index in [0.717, 1.165) is 10.0 Å². The minimum atomic E-state index is -0.0463. The molecule has 1 rings (SSSR count). The lowest BCUT2D eigenvalue weighted by Gasteiger charge is -2.19. The van der Waals surface area contributed by atoms with Gasteiger partial charge in [0.25, 0.3) is 0 Å². The maximum atomic E-state index is 11.6. The molecule has 0 aliphatic carbocycles. The van der Waals surface area contributed by atoms with Gasteiger partial charge in [-0.25, -0.2) is 4.79 Å². The minimum absolute atomic E-state index is 0.0463. The third-order valence-electron chi connectivity index (χ3n) is 2.07. The fraction of sp³-hybridized carbons (Fsp3) is 0.417. The van der Waals surface area contributed by atoms with E-state index in [0.29, 0.717) is 6.54 Å². The summed E-state index contributed by atoms with van der Waals surface area (Å²) in [6, 6.07) is 8.07. The normalized spacial score (nSPS) is 10.3. The molecule has 0 spiro atoms. The van der Waals surface area contributed by atoms with Crippen molar-refractivity contribution in [3.63, 3.8) is 0 Å². The number of carbonyl (C=O) groups is 1. The molecule has 16 heavy (non-hydrogen) atoms. The predicted octanol–water partition coefficient (Wildman–Crippen LogP) is 3.00. The average Bonchev–Trinajstić information content (AvgIpc) is 2.16. The van der Waals surface area contributed by atoms with Crippen LogP contribution in [0.25, 0.3) is 0 Å². The molecular formula is C12H17BrN2O. The van der Waals surface area contributed by atoms with Gasteiger partial charge in [0.05, 0.1) is 0 Å². The number of rotatable bonds is 3. The Labute approximate surface area is 105 Å². The van der Waals surface area contributed by atoms with Gasteiger partial charge in [-0.3, -0.25) is 0 Å². The molecule has 0 atom stereocenters. The van der Waals surface area contributed by atoms with Crippen molar-refractivity contribution < 1.29 is 4.79 Å². The maximum Gasteiger partial charge on any atom is 0.317 e. The third-order valence-corrected chi connectivity index (χ3v) is 2.56. The van der Waals surface area contributed by atoms with E-state index < -0.39 is 0 Å². The summed E-state index contributed by atoms with van der Waals surface area (Å²) in [5, 5.41) is 2.85. The molecule has 88 valence electrons. The SMILES string of the molecule is CC(C)NC(=O)N(C)Cc1cccc(Br)c1. The quantitative estimate of drug-likeness (QED) is 0.909. The van der Waals surface area contributed by atoms with E-state index in [-0.39, 0.29) is 12.1 Å². The summed E-state index contributed by atoms with van der Waals surface area (Å²) >= 11 is 3.41. The van der Waals surface area contributed by atoms with Crippen molar-refractivity contribution in [2.45, 2.75) is 26.4 Å². The molecule has 0 saturated carbocycles. The Balaban J connectivity index is 2.57. The highest BCUT2D eigenvalue weighted by Crippen LogP contribution is 2.12. The van der Waals surface area contributed by atoms with Gasteiger partial charge in [0.15, 0.2) is 0 Å². The molecular weight excluding hydrogens is 268 g/mol. The second kappa shape index (κ2) is 5.89. The van der Waals surface area contributed by atoms with Crippen molar-refractivity contribution in [1.82, 2.24) is 10.2 Å². The Morgan fingerprint density at radius 2 is 2.19 bits per heavy atom. The zero-order chi connectivity index (χ0) is 12.1. The van der Waals surface area contributed by atoms with Crippen LogP contribution in [0.5, 0.6) is 0 Å². The summed E-state index contributed by atoms with van der Waals surface area (Å²) in [4.78, 5) is 13.3. The van der Waals surface area contributed by atoms with E-state index in [1.165, 1.54) is 0 Å². The standard InChI is InChI=1S/C12H17BrN2O/c1-9(2)14-12(16)15(3)8-10-5-4-6-11(13)7-10/h4-7,9H,8H2,1-3H3,(H,14,16). The second-order valence-electron chi connectivity index (χ2n) is 4.09. The van der Waals surface area contributed by atoms with E-state index in [4.69, 9.17) is 0 Å². The number of carbonyl (C=O) groups excluding carboxylic acids is 1. The van der Waals surface area contributed by atoms with Gasteiger partial charge in [0.2, 0.25) is 0 Å². The van der Waals surface area contributed by atoms with Crippen molar-refractivity contribution in [1.29, 1.82) is 0 Å². The fourth-order valence-electron chi connectivity index (χ4n) is 1.34. The molecule has 0 aromatic heterocycles. The largest absolute Gasteiger partial charge is 0.336 e. The van der Waals surface area contributed by atoms with Gasteiger partial charge in [-0.05, 0) is 31.5 Å². The van der Waals surface area contributed by atoms with Gasteiger partial charge in [0.1, 0.15) is 0 Å². The van der Waals surface area contributed by atoms with Crippen LogP contribution in [0.4, 0.5) is 4.79 Å². The summed E-state index contributed by atoms with van der Waals surface area (Å²) < 4.78 is 1.03.